The maximum absolute atomic E-state index is 12.6. The molecule has 0 aliphatic rings. The van der Waals surface area contributed by atoms with Gasteiger partial charge in [-0.15, -0.1) is 0 Å². The number of pyridine rings is 1. The zero-order valence-corrected chi connectivity index (χ0v) is 18.5. The molecular weight excluding hydrogens is 400 g/mol. The summed E-state index contributed by atoms with van der Waals surface area (Å²) in [5.74, 6) is 2.10. The van der Waals surface area contributed by atoms with Crippen LogP contribution in [0.1, 0.15) is 30.2 Å². The number of para-hydroxylation sites is 1. The quantitative estimate of drug-likeness (QED) is 0.424. The second-order valence-corrected chi connectivity index (χ2v) is 7.38. The number of nitrogens with zero attached hydrogens (tertiary/aromatic N) is 4. The van der Waals surface area contributed by atoms with E-state index in [4.69, 9.17) is 0 Å². The standard InChI is InChI=1S/C25H26N6O/c1-4-31(5-2)24-16-23(26-17(3)27-24)28-19-11-13-20(14-12-19)29-25(32)22-15-10-18-8-6-7-9-21(18)30-22/h6-16H,4-5H2,1-3H3,(H,29,32)(H,26,27,28). The van der Waals surface area contributed by atoms with Gasteiger partial charge in [-0.3, -0.25) is 4.79 Å². The summed E-state index contributed by atoms with van der Waals surface area (Å²) < 4.78 is 0. The number of aromatic nitrogens is 3. The largest absolute Gasteiger partial charge is 0.357 e. The lowest BCUT2D eigenvalue weighted by Gasteiger charge is -2.20. The molecule has 0 radical (unpaired) electrons. The van der Waals surface area contributed by atoms with Crippen LogP contribution in [-0.4, -0.2) is 33.9 Å². The normalized spacial score (nSPS) is 10.7. The van der Waals surface area contributed by atoms with Gasteiger partial charge in [0.2, 0.25) is 0 Å². The van der Waals surface area contributed by atoms with Gasteiger partial charge in [0, 0.05) is 35.9 Å². The predicted octanol–water partition coefficient (Wildman–Crippen LogP) is 5.18. The van der Waals surface area contributed by atoms with E-state index in [1.54, 1.807) is 6.07 Å². The number of hydrogen-bond donors (Lipinski definition) is 2. The Morgan fingerprint density at radius 1 is 0.875 bits per heavy atom. The highest BCUT2D eigenvalue weighted by atomic mass is 16.1. The lowest BCUT2D eigenvalue weighted by atomic mass is 10.2. The van der Waals surface area contributed by atoms with Gasteiger partial charge in [0.05, 0.1) is 5.52 Å². The van der Waals surface area contributed by atoms with Gasteiger partial charge in [0.15, 0.2) is 0 Å². The number of aryl methyl sites for hydroxylation is 1. The summed E-state index contributed by atoms with van der Waals surface area (Å²) in [5, 5.41) is 7.22. The van der Waals surface area contributed by atoms with Crippen LogP contribution in [0, 0.1) is 6.92 Å². The molecule has 0 aliphatic heterocycles. The van der Waals surface area contributed by atoms with Crippen molar-refractivity contribution in [1.82, 2.24) is 15.0 Å². The van der Waals surface area contributed by atoms with Crippen molar-refractivity contribution in [1.29, 1.82) is 0 Å². The number of carbonyl (C=O) groups is 1. The molecule has 0 fully saturated rings. The van der Waals surface area contributed by atoms with Gasteiger partial charge in [-0.05, 0) is 57.2 Å². The minimum atomic E-state index is -0.244. The minimum Gasteiger partial charge on any atom is -0.357 e. The second kappa shape index (κ2) is 9.43. The molecule has 0 spiro atoms. The van der Waals surface area contributed by atoms with Crippen LogP contribution in [0.5, 0.6) is 0 Å². The molecule has 0 saturated carbocycles. The average Bonchev–Trinajstić information content (AvgIpc) is 2.80. The van der Waals surface area contributed by atoms with Gasteiger partial charge in [-0.1, -0.05) is 24.3 Å². The van der Waals surface area contributed by atoms with Gasteiger partial charge in [0.25, 0.3) is 5.91 Å². The van der Waals surface area contributed by atoms with E-state index in [1.165, 1.54) is 0 Å². The van der Waals surface area contributed by atoms with Gasteiger partial charge in [-0.25, -0.2) is 15.0 Å². The molecule has 7 heteroatoms. The summed E-state index contributed by atoms with van der Waals surface area (Å²) in [4.78, 5) is 28.3. The van der Waals surface area contributed by atoms with Crippen LogP contribution in [0.15, 0.2) is 66.7 Å². The van der Waals surface area contributed by atoms with Crippen molar-refractivity contribution in [3.8, 4) is 0 Å². The van der Waals surface area contributed by atoms with Crippen molar-refractivity contribution in [3.05, 3.63) is 78.2 Å². The van der Waals surface area contributed by atoms with Crippen LogP contribution in [-0.2, 0) is 0 Å². The summed E-state index contributed by atoms with van der Waals surface area (Å²) in [6.45, 7) is 7.86. The zero-order chi connectivity index (χ0) is 22.5. The second-order valence-electron chi connectivity index (χ2n) is 7.38. The van der Waals surface area contributed by atoms with E-state index < -0.39 is 0 Å². The number of amides is 1. The fraction of sp³-hybridized carbons (Fsp3) is 0.200. The first-order valence-electron chi connectivity index (χ1n) is 10.7. The maximum atomic E-state index is 12.6. The summed E-state index contributed by atoms with van der Waals surface area (Å²) in [6, 6.07) is 20.8. The van der Waals surface area contributed by atoms with Crippen molar-refractivity contribution in [3.63, 3.8) is 0 Å². The van der Waals surface area contributed by atoms with Crippen molar-refractivity contribution >= 4 is 39.8 Å². The van der Waals surface area contributed by atoms with Crippen LogP contribution in [0.4, 0.5) is 23.0 Å². The van der Waals surface area contributed by atoms with Crippen molar-refractivity contribution in [2.45, 2.75) is 20.8 Å². The molecule has 2 N–H and O–H groups in total. The highest BCUT2D eigenvalue weighted by Gasteiger charge is 2.10. The Hall–Kier alpha value is -4.00. The van der Waals surface area contributed by atoms with Gasteiger partial charge >= 0.3 is 0 Å². The first kappa shape index (κ1) is 21.2. The van der Waals surface area contributed by atoms with Gasteiger partial charge in [0.1, 0.15) is 23.2 Å². The summed E-state index contributed by atoms with van der Waals surface area (Å²) >= 11 is 0. The molecule has 162 valence electrons. The Bertz CT molecular complexity index is 1230. The maximum Gasteiger partial charge on any atom is 0.274 e. The van der Waals surface area contributed by atoms with Crippen LogP contribution >= 0.6 is 0 Å². The molecule has 4 aromatic rings. The summed E-state index contributed by atoms with van der Waals surface area (Å²) in [6.07, 6.45) is 0. The molecule has 2 aromatic heterocycles. The zero-order valence-electron chi connectivity index (χ0n) is 18.5. The highest BCUT2D eigenvalue weighted by Crippen LogP contribution is 2.22. The SMILES string of the molecule is CCN(CC)c1cc(Nc2ccc(NC(=O)c3ccc4ccccc4n3)cc2)nc(C)n1. The first-order valence-corrected chi connectivity index (χ1v) is 10.7. The molecule has 0 aliphatic carbocycles. The molecule has 0 saturated heterocycles. The van der Waals surface area contributed by atoms with E-state index in [0.717, 1.165) is 41.3 Å². The Kier molecular flexibility index (Phi) is 6.26. The number of fused-ring (bicyclic) bond motifs is 1. The van der Waals surface area contributed by atoms with Crippen LogP contribution < -0.4 is 15.5 Å². The third-order valence-electron chi connectivity index (χ3n) is 5.16. The van der Waals surface area contributed by atoms with E-state index in [9.17, 15) is 4.79 Å². The lowest BCUT2D eigenvalue weighted by Crippen LogP contribution is -2.23. The van der Waals surface area contributed by atoms with E-state index >= 15 is 0 Å². The third kappa shape index (κ3) is 4.83. The molecule has 4 rings (SSSR count). The number of carbonyl (C=O) groups excluding carboxylic acids is 1. The van der Waals surface area contributed by atoms with E-state index in [2.05, 4.69) is 44.3 Å². The molecule has 0 unspecified atom stereocenters. The smallest absolute Gasteiger partial charge is 0.274 e. The molecule has 1 amide bonds. The number of nitrogens with one attached hydrogen (secondary N) is 2. The fourth-order valence-electron chi connectivity index (χ4n) is 3.50. The number of rotatable bonds is 7. The minimum absolute atomic E-state index is 0.244. The van der Waals surface area contributed by atoms with Crippen molar-refractivity contribution < 1.29 is 4.79 Å². The Morgan fingerprint density at radius 3 is 2.34 bits per heavy atom. The number of anilines is 4. The molecule has 0 atom stereocenters. The van der Waals surface area contributed by atoms with Gasteiger partial charge in [-0.2, -0.15) is 0 Å². The Balaban J connectivity index is 1.45. The van der Waals surface area contributed by atoms with Crippen LogP contribution in [0.2, 0.25) is 0 Å². The first-order chi connectivity index (χ1) is 15.6. The van der Waals surface area contributed by atoms with E-state index in [-0.39, 0.29) is 5.91 Å². The molecular formula is C25H26N6O. The third-order valence-corrected chi connectivity index (χ3v) is 5.16. The summed E-state index contributed by atoms with van der Waals surface area (Å²) in [5.41, 5.74) is 2.74. The Labute approximate surface area is 187 Å². The molecule has 32 heavy (non-hydrogen) atoms. The predicted molar refractivity (Wildman–Crippen MR) is 130 cm³/mol. The van der Waals surface area contributed by atoms with Crippen LogP contribution in [0.3, 0.4) is 0 Å². The van der Waals surface area contributed by atoms with Crippen molar-refractivity contribution in [2.24, 2.45) is 0 Å². The number of hydrogen-bond acceptors (Lipinski definition) is 6. The fourth-order valence-corrected chi connectivity index (χ4v) is 3.50. The van der Waals surface area contributed by atoms with Gasteiger partial charge < -0.3 is 15.5 Å². The molecule has 7 nitrogen and oxygen atoms in total. The molecule has 2 heterocycles. The van der Waals surface area contributed by atoms with E-state index in [0.29, 0.717) is 17.2 Å². The highest BCUT2D eigenvalue weighted by molar-refractivity contribution is 6.04. The topological polar surface area (TPSA) is 83.0 Å². The van der Waals surface area contributed by atoms with Crippen molar-refractivity contribution in [2.75, 3.05) is 28.6 Å². The molecule has 2 aromatic carbocycles. The van der Waals surface area contributed by atoms with E-state index in [1.807, 2.05) is 67.6 Å². The summed E-state index contributed by atoms with van der Waals surface area (Å²) in [7, 11) is 0. The van der Waals surface area contributed by atoms with Crippen LogP contribution in [0.25, 0.3) is 10.9 Å². The average molecular weight is 427 g/mol. The Morgan fingerprint density at radius 2 is 1.59 bits per heavy atom. The monoisotopic (exact) mass is 426 g/mol. The lowest BCUT2D eigenvalue weighted by molar-refractivity contribution is 0.102. The molecule has 0 bridgehead atoms. The number of benzene rings is 2.